The highest BCUT2D eigenvalue weighted by Gasteiger charge is 2.36. The van der Waals surface area contributed by atoms with Crippen LogP contribution in [0, 0.1) is 5.92 Å². The van der Waals surface area contributed by atoms with Crippen LogP contribution < -0.4 is 10.2 Å². The number of nitrogens with zero attached hydrogens (tertiary/aromatic N) is 3. The molecule has 1 aliphatic carbocycles. The van der Waals surface area contributed by atoms with Gasteiger partial charge >= 0.3 is 0 Å². The monoisotopic (exact) mass is 362 g/mol. The molecule has 1 aromatic heterocycles. The molecule has 0 bridgehead atoms. The molecule has 1 atom stereocenters. The zero-order valence-corrected chi connectivity index (χ0v) is 14.3. The lowest BCUT2D eigenvalue weighted by molar-refractivity contribution is -0.122. The number of nitrogens with one attached hydrogen (secondary N) is 1. The molecule has 1 saturated carbocycles. The highest BCUT2D eigenvalue weighted by molar-refractivity contribution is 7.15. The van der Waals surface area contributed by atoms with Gasteiger partial charge in [-0.1, -0.05) is 29.0 Å². The number of hydrogen-bond acceptors (Lipinski definition) is 5. The standard InChI is InChI=1S/C16H15ClN4O2S/c17-11-2-1-3-12(7-11)21-8-10(6-13(21)22)14(23)18-16-20-19-15(24-16)9-4-5-9/h1-3,7,9-10H,4-6,8H2,(H,18,20,23)/t10-/m1/s1. The molecule has 0 spiro atoms. The first-order valence-corrected chi connectivity index (χ1v) is 9.00. The molecule has 2 aliphatic rings. The number of carbonyl (C=O) groups excluding carboxylic acids is 2. The summed E-state index contributed by atoms with van der Waals surface area (Å²) in [6, 6.07) is 7.09. The molecule has 1 saturated heterocycles. The molecule has 2 heterocycles. The summed E-state index contributed by atoms with van der Waals surface area (Å²) in [6.07, 6.45) is 2.48. The van der Waals surface area contributed by atoms with E-state index in [2.05, 4.69) is 15.5 Å². The van der Waals surface area contributed by atoms with Crippen molar-refractivity contribution in [1.29, 1.82) is 0 Å². The Hall–Kier alpha value is -1.99. The molecular weight excluding hydrogens is 348 g/mol. The van der Waals surface area contributed by atoms with Gasteiger partial charge in [0.15, 0.2) is 0 Å². The molecule has 6 nitrogen and oxygen atoms in total. The molecular formula is C16H15ClN4O2S. The lowest BCUT2D eigenvalue weighted by atomic mass is 10.1. The summed E-state index contributed by atoms with van der Waals surface area (Å²) in [5, 5.41) is 13.0. The van der Waals surface area contributed by atoms with Gasteiger partial charge in [0.05, 0.1) is 5.92 Å². The summed E-state index contributed by atoms with van der Waals surface area (Å²) in [5.74, 6) is -0.149. The van der Waals surface area contributed by atoms with Crippen LogP contribution in [0.15, 0.2) is 24.3 Å². The van der Waals surface area contributed by atoms with Gasteiger partial charge < -0.3 is 10.2 Å². The highest BCUT2D eigenvalue weighted by atomic mass is 35.5. The van der Waals surface area contributed by atoms with E-state index in [9.17, 15) is 9.59 Å². The van der Waals surface area contributed by atoms with Gasteiger partial charge in [0.2, 0.25) is 16.9 Å². The topological polar surface area (TPSA) is 75.2 Å². The molecule has 4 rings (SSSR count). The molecule has 2 fully saturated rings. The van der Waals surface area contributed by atoms with E-state index in [1.54, 1.807) is 23.1 Å². The largest absolute Gasteiger partial charge is 0.312 e. The second-order valence-electron chi connectivity index (χ2n) is 6.09. The third-order valence-electron chi connectivity index (χ3n) is 4.21. The second-order valence-corrected chi connectivity index (χ2v) is 7.54. The fourth-order valence-electron chi connectivity index (χ4n) is 2.76. The van der Waals surface area contributed by atoms with Crippen LogP contribution in [0.4, 0.5) is 10.8 Å². The molecule has 2 amide bonds. The molecule has 1 aromatic carbocycles. The molecule has 8 heteroatoms. The average molecular weight is 363 g/mol. The first-order chi connectivity index (χ1) is 11.6. The number of rotatable bonds is 4. The van der Waals surface area contributed by atoms with Gasteiger partial charge in [-0.25, -0.2) is 0 Å². The first kappa shape index (κ1) is 15.5. The van der Waals surface area contributed by atoms with E-state index < -0.39 is 5.92 Å². The van der Waals surface area contributed by atoms with Crippen LogP contribution in [0.2, 0.25) is 5.02 Å². The van der Waals surface area contributed by atoms with Crippen molar-refractivity contribution in [2.24, 2.45) is 5.92 Å². The number of carbonyl (C=O) groups is 2. The van der Waals surface area contributed by atoms with Crippen LogP contribution in [0.1, 0.15) is 30.2 Å². The number of anilines is 2. The van der Waals surface area contributed by atoms with Crippen LogP contribution >= 0.6 is 22.9 Å². The lowest BCUT2D eigenvalue weighted by Crippen LogP contribution is -2.28. The number of amides is 2. The predicted octanol–water partition coefficient (Wildman–Crippen LogP) is 3.06. The van der Waals surface area contributed by atoms with Crippen LogP contribution in [0.25, 0.3) is 0 Å². The quantitative estimate of drug-likeness (QED) is 0.907. The molecule has 0 unspecified atom stereocenters. The Morgan fingerprint density at radius 3 is 2.92 bits per heavy atom. The summed E-state index contributed by atoms with van der Waals surface area (Å²) < 4.78 is 0. The third-order valence-corrected chi connectivity index (χ3v) is 5.45. The van der Waals surface area contributed by atoms with E-state index in [-0.39, 0.29) is 18.2 Å². The highest BCUT2D eigenvalue weighted by Crippen LogP contribution is 2.42. The van der Waals surface area contributed by atoms with E-state index in [0.29, 0.717) is 22.6 Å². The Labute approximate surface area is 147 Å². The molecule has 1 N–H and O–H groups in total. The van der Waals surface area contributed by atoms with Crippen molar-refractivity contribution >= 4 is 45.6 Å². The fourth-order valence-corrected chi connectivity index (χ4v) is 3.86. The Morgan fingerprint density at radius 2 is 2.17 bits per heavy atom. The smallest absolute Gasteiger partial charge is 0.231 e. The van der Waals surface area contributed by atoms with Crippen LogP contribution in [0.3, 0.4) is 0 Å². The molecule has 24 heavy (non-hydrogen) atoms. The third kappa shape index (κ3) is 3.14. The van der Waals surface area contributed by atoms with E-state index in [4.69, 9.17) is 11.6 Å². The van der Waals surface area contributed by atoms with Gasteiger partial charge in [0.1, 0.15) is 5.01 Å². The zero-order valence-electron chi connectivity index (χ0n) is 12.7. The molecule has 1 aliphatic heterocycles. The van der Waals surface area contributed by atoms with E-state index in [0.717, 1.165) is 23.5 Å². The lowest BCUT2D eigenvalue weighted by Gasteiger charge is -2.16. The summed E-state index contributed by atoms with van der Waals surface area (Å²) in [7, 11) is 0. The Bertz CT molecular complexity index is 805. The second kappa shape index (κ2) is 6.14. The van der Waals surface area contributed by atoms with Gasteiger partial charge in [-0.2, -0.15) is 0 Å². The molecule has 0 radical (unpaired) electrons. The van der Waals surface area contributed by atoms with Crippen molar-refractivity contribution in [2.45, 2.75) is 25.2 Å². The Kier molecular flexibility index (Phi) is 3.97. The predicted molar refractivity (Wildman–Crippen MR) is 92.4 cm³/mol. The fraction of sp³-hybridized carbons (Fsp3) is 0.375. The molecule has 124 valence electrons. The number of halogens is 1. The van der Waals surface area contributed by atoms with Crippen molar-refractivity contribution < 1.29 is 9.59 Å². The van der Waals surface area contributed by atoms with Gasteiger partial charge in [-0.15, -0.1) is 10.2 Å². The van der Waals surface area contributed by atoms with E-state index >= 15 is 0 Å². The minimum Gasteiger partial charge on any atom is -0.312 e. The maximum atomic E-state index is 12.4. The van der Waals surface area contributed by atoms with Crippen LogP contribution in [0.5, 0.6) is 0 Å². The Balaban J connectivity index is 1.42. The van der Waals surface area contributed by atoms with Crippen LogP contribution in [-0.2, 0) is 9.59 Å². The van der Waals surface area contributed by atoms with Crippen molar-refractivity contribution in [3.05, 3.63) is 34.3 Å². The number of benzene rings is 1. The molecule has 2 aromatic rings. The number of aromatic nitrogens is 2. The SMILES string of the molecule is O=C(Nc1nnc(C2CC2)s1)[C@@H]1CC(=O)N(c2cccc(Cl)c2)C1. The minimum absolute atomic E-state index is 0.0756. The van der Waals surface area contributed by atoms with Crippen molar-refractivity contribution in [3.63, 3.8) is 0 Å². The maximum absolute atomic E-state index is 12.4. The van der Waals surface area contributed by atoms with Gasteiger partial charge in [-0.3, -0.25) is 9.59 Å². The summed E-state index contributed by atoms with van der Waals surface area (Å²) >= 11 is 7.40. The van der Waals surface area contributed by atoms with Gasteiger partial charge in [0.25, 0.3) is 0 Å². The number of hydrogen-bond donors (Lipinski definition) is 1. The van der Waals surface area contributed by atoms with Gasteiger partial charge in [-0.05, 0) is 31.0 Å². The Morgan fingerprint density at radius 1 is 1.33 bits per heavy atom. The van der Waals surface area contributed by atoms with Crippen LogP contribution in [-0.4, -0.2) is 28.6 Å². The van der Waals surface area contributed by atoms with Crippen molar-refractivity contribution in [2.75, 3.05) is 16.8 Å². The average Bonchev–Trinajstić information content (AvgIpc) is 3.18. The maximum Gasteiger partial charge on any atom is 0.231 e. The van der Waals surface area contributed by atoms with E-state index in [1.165, 1.54) is 11.3 Å². The van der Waals surface area contributed by atoms with E-state index in [1.807, 2.05) is 6.07 Å². The van der Waals surface area contributed by atoms with Gasteiger partial charge in [0, 0.05) is 29.6 Å². The normalized spacial score (nSPS) is 20.5. The van der Waals surface area contributed by atoms with Crippen molar-refractivity contribution in [1.82, 2.24) is 10.2 Å². The van der Waals surface area contributed by atoms with Crippen molar-refractivity contribution in [3.8, 4) is 0 Å². The first-order valence-electron chi connectivity index (χ1n) is 7.80. The summed E-state index contributed by atoms with van der Waals surface area (Å²) in [5.41, 5.74) is 0.717. The zero-order chi connectivity index (χ0) is 16.7. The summed E-state index contributed by atoms with van der Waals surface area (Å²) in [4.78, 5) is 26.3. The minimum atomic E-state index is -0.398. The summed E-state index contributed by atoms with van der Waals surface area (Å²) in [6.45, 7) is 0.347.